The van der Waals surface area contributed by atoms with E-state index >= 15 is 0 Å². The van der Waals surface area contributed by atoms with E-state index in [1.807, 2.05) is 24.3 Å². The molecule has 116 valence electrons. The molecule has 0 saturated carbocycles. The molecule has 0 unspecified atom stereocenters. The third-order valence-corrected chi connectivity index (χ3v) is 4.65. The fraction of sp³-hybridized carbons (Fsp3) is 0. The van der Waals surface area contributed by atoms with Crippen molar-refractivity contribution in [2.45, 2.75) is 0 Å². The predicted octanol–water partition coefficient (Wildman–Crippen LogP) is 3.62. The summed E-state index contributed by atoms with van der Waals surface area (Å²) in [5.74, 6) is -0.892. The van der Waals surface area contributed by atoms with Gasteiger partial charge in [0.2, 0.25) is 0 Å². The second-order valence-electron chi connectivity index (χ2n) is 4.53. The summed E-state index contributed by atoms with van der Waals surface area (Å²) in [6.07, 6.45) is 4.29. The summed E-state index contributed by atoms with van der Waals surface area (Å²) in [6.45, 7) is 0. The molecule has 2 amide bonds. The maximum atomic E-state index is 11.7. The molecule has 7 heteroatoms. The van der Waals surface area contributed by atoms with Gasteiger partial charge in [-0.3, -0.25) is 20.4 Å². The smallest absolute Gasteiger partial charge is 0.305 e. The van der Waals surface area contributed by atoms with Gasteiger partial charge in [-0.15, -0.1) is 11.3 Å². The quantitative estimate of drug-likeness (QED) is 0.562. The molecule has 0 radical (unpaired) electrons. The standard InChI is InChI=1S/C16H11ClN2O3S/c17-15-10-4-1-2-6-12(10)23-13(15)7-8-14(20)18-19-16(21)11-5-3-9-22-11/h1-9H,(H,18,20)(H,19,21)/b8-7+. The molecule has 2 heterocycles. The molecule has 3 rings (SSSR count). The molecule has 2 N–H and O–H groups in total. The molecule has 0 fully saturated rings. The van der Waals surface area contributed by atoms with Gasteiger partial charge in [0.25, 0.3) is 5.91 Å². The molecule has 5 nitrogen and oxygen atoms in total. The fourth-order valence-electron chi connectivity index (χ4n) is 1.92. The number of hydrazine groups is 1. The van der Waals surface area contributed by atoms with Crippen LogP contribution >= 0.6 is 22.9 Å². The van der Waals surface area contributed by atoms with Crippen molar-refractivity contribution in [1.82, 2.24) is 10.9 Å². The summed E-state index contributed by atoms with van der Waals surface area (Å²) in [4.78, 5) is 24.1. The van der Waals surface area contributed by atoms with E-state index in [4.69, 9.17) is 16.0 Å². The zero-order chi connectivity index (χ0) is 16.2. The number of furan rings is 1. The Balaban J connectivity index is 1.63. The van der Waals surface area contributed by atoms with Crippen molar-refractivity contribution in [2.75, 3.05) is 0 Å². The van der Waals surface area contributed by atoms with Crippen LogP contribution in [0.3, 0.4) is 0 Å². The van der Waals surface area contributed by atoms with Gasteiger partial charge in [-0.1, -0.05) is 29.8 Å². The Morgan fingerprint density at radius 3 is 2.70 bits per heavy atom. The lowest BCUT2D eigenvalue weighted by Gasteiger charge is -2.02. The number of amides is 2. The highest BCUT2D eigenvalue weighted by molar-refractivity contribution is 7.20. The second kappa shape index (κ2) is 6.68. The summed E-state index contributed by atoms with van der Waals surface area (Å²) in [5.41, 5.74) is 4.52. The van der Waals surface area contributed by atoms with Gasteiger partial charge >= 0.3 is 5.91 Å². The van der Waals surface area contributed by atoms with Gasteiger partial charge in [-0.25, -0.2) is 0 Å². The summed E-state index contributed by atoms with van der Waals surface area (Å²) < 4.78 is 5.95. The third kappa shape index (κ3) is 3.44. The molecule has 1 aromatic carbocycles. The molecular weight excluding hydrogens is 336 g/mol. The van der Waals surface area contributed by atoms with Crippen LogP contribution in [0, 0.1) is 0 Å². The van der Waals surface area contributed by atoms with Crippen LogP contribution < -0.4 is 10.9 Å². The number of carbonyl (C=O) groups excluding carboxylic acids is 2. The van der Waals surface area contributed by atoms with Crippen LogP contribution in [-0.4, -0.2) is 11.8 Å². The van der Waals surface area contributed by atoms with E-state index < -0.39 is 11.8 Å². The summed E-state index contributed by atoms with van der Waals surface area (Å²) in [6, 6.07) is 10.8. The molecule has 0 atom stereocenters. The molecule has 0 saturated heterocycles. The molecule has 2 aromatic heterocycles. The lowest BCUT2D eigenvalue weighted by atomic mass is 10.2. The van der Waals surface area contributed by atoms with Gasteiger partial charge in [0.1, 0.15) is 0 Å². The summed E-state index contributed by atoms with van der Waals surface area (Å²) >= 11 is 7.77. The highest BCUT2D eigenvalue weighted by Gasteiger charge is 2.09. The van der Waals surface area contributed by atoms with Crippen LogP contribution in [0.4, 0.5) is 0 Å². The second-order valence-corrected chi connectivity index (χ2v) is 5.99. The van der Waals surface area contributed by atoms with Crippen LogP contribution in [0.1, 0.15) is 15.4 Å². The van der Waals surface area contributed by atoms with Crippen molar-refractivity contribution in [3.63, 3.8) is 0 Å². The number of hydrogen-bond acceptors (Lipinski definition) is 4. The first-order chi connectivity index (χ1) is 11.1. The molecule has 0 spiro atoms. The Hall–Kier alpha value is -2.57. The Bertz CT molecular complexity index is 884. The monoisotopic (exact) mass is 346 g/mol. The van der Waals surface area contributed by atoms with Crippen molar-refractivity contribution in [3.05, 3.63) is 64.4 Å². The fourth-order valence-corrected chi connectivity index (χ4v) is 3.32. The van der Waals surface area contributed by atoms with E-state index in [1.165, 1.54) is 29.7 Å². The van der Waals surface area contributed by atoms with E-state index in [-0.39, 0.29) is 5.76 Å². The first-order valence-corrected chi connectivity index (χ1v) is 7.83. The van der Waals surface area contributed by atoms with Crippen molar-refractivity contribution in [1.29, 1.82) is 0 Å². The van der Waals surface area contributed by atoms with E-state index in [0.717, 1.165) is 15.0 Å². The lowest BCUT2D eigenvalue weighted by Crippen LogP contribution is -2.40. The zero-order valence-electron chi connectivity index (χ0n) is 11.7. The van der Waals surface area contributed by atoms with Crippen molar-refractivity contribution in [2.24, 2.45) is 0 Å². The molecule has 23 heavy (non-hydrogen) atoms. The van der Waals surface area contributed by atoms with Gasteiger partial charge in [0.05, 0.1) is 11.3 Å². The lowest BCUT2D eigenvalue weighted by molar-refractivity contribution is -0.117. The Labute approximate surface area is 140 Å². The van der Waals surface area contributed by atoms with E-state index in [1.54, 1.807) is 12.1 Å². The number of rotatable bonds is 3. The highest BCUT2D eigenvalue weighted by Crippen LogP contribution is 2.35. The van der Waals surface area contributed by atoms with E-state index in [0.29, 0.717) is 5.02 Å². The van der Waals surface area contributed by atoms with Crippen LogP contribution in [-0.2, 0) is 4.79 Å². The molecule has 3 aromatic rings. The zero-order valence-corrected chi connectivity index (χ0v) is 13.3. The van der Waals surface area contributed by atoms with E-state index in [9.17, 15) is 9.59 Å². The maximum Gasteiger partial charge on any atom is 0.305 e. The van der Waals surface area contributed by atoms with Crippen molar-refractivity contribution in [3.8, 4) is 0 Å². The first kappa shape index (κ1) is 15.3. The highest BCUT2D eigenvalue weighted by atomic mass is 35.5. The number of nitrogens with one attached hydrogen (secondary N) is 2. The Kier molecular flexibility index (Phi) is 4.45. The van der Waals surface area contributed by atoms with Gasteiger partial charge < -0.3 is 4.42 Å². The molecule has 0 aliphatic heterocycles. The molecule has 0 bridgehead atoms. The number of benzene rings is 1. The number of fused-ring (bicyclic) bond motifs is 1. The van der Waals surface area contributed by atoms with Crippen LogP contribution in [0.25, 0.3) is 16.2 Å². The summed E-state index contributed by atoms with van der Waals surface area (Å²) in [7, 11) is 0. The van der Waals surface area contributed by atoms with Crippen LogP contribution in [0.5, 0.6) is 0 Å². The van der Waals surface area contributed by atoms with Crippen molar-refractivity contribution >= 4 is 50.9 Å². The van der Waals surface area contributed by atoms with E-state index in [2.05, 4.69) is 10.9 Å². The minimum Gasteiger partial charge on any atom is -0.459 e. The average molecular weight is 347 g/mol. The SMILES string of the molecule is O=C(/C=C/c1sc2ccccc2c1Cl)NNC(=O)c1ccco1. The van der Waals surface area contributed by atoms with Crippen LogP contribution in [0.15, 0.2) is 53.2 Å². The largest absolute Gasteiger partial charge is 0.459 e. The number of hydrogen-bond donors (Lipinski definition) is 2. The number of thiophene rings is 1. The van der Waals surface area contributed by atoms with Crippen LogP contribution in [0.2, 0.25) is 5.02 Å². The maximum absolute atomic E-state index is 11.7. The molecular formula is C16H11ClN2O3S. The minimum absolute atomic E-state index is 0.113. The number of halogens is 1. The predicted molar refractivity (Wildman–Crippen MR) is 90.2 cm³/mol. The molecule has 0 aliphatic carbocycles. The third-order valence-electron chi connectivity index (χ3n) is 2.99. The average Bonchev–Trinajstić information content (AvgIpc) is 3.20. The molecule has 0 aliphatic rings. The Morgan fingerprint density at radius 2 is 1.96 bits per heavy atom. The first-order valence-electron chi connectivity index (χ1n) is 6.64. The number of carbonyl (C=O) groups is 2. The van der Waals surface area contributed by atoms with Gasteiger partial charge in [0.15, 0.2) is 5.76 Å². The minimum atomic E-state index is -0.531. The van der Waals surface area contributed by atoms with Crippen molar-refractivity contribution < 1.29 is 14.0 Å². The normalized spacial score (nSPS) is 11.0. The van der Waals surface area contributed by atoms with Gasteiger partial charge in [0, 0.05) is 21.0 Å². The Morgan fingerprint density at radius 1 is 1.13 bits per heavy atom. The van der Waals surface area contributed by atoms with Gasteiger partial charge in [-0.05, 0) is 24.3 Å². The topological polar surface area (TPSA) is 71.3 Å². The summed E-state index contributed by atoms with van der Waals surface area (Å²) in [5, 5.41) is 1.56. The van der Waals surface area contributed by atoms with Gasteiger partial charge in [-0.2, -0.15) is 0 Å².